The number of pyridine rings is 1. The molecule has 1 aromatic carbocycles. The minimum Gasteiger partial charge on any atom is -0.394 e. The molecule has 1 atom stereocenters. The highest BCUT2D eigenvalue weighted by atomic mass is 16.3. The van der Waals surface area contributed by atoms with Crippen LogP contribution in [0.15, 0.2) is 48.8 Å². The third-order valence-corrected chi connectivity index (χ3v) is 4.52. The van der Waals surface area contributed by atoms with Crippen molar-refractivity contribution < 1.29 is 9.90 Å². The quantitative estimate of drug-likeness (QED) is 0.479. The Morgan fingerprint density at radius 3 is 2.83 bits per heavy atom. The van der Waals surface area contributed by atoms with E-state index in [0.29, 0.717) is 23.2 Å². The smallest absolute Gasteiger partial charge is 0.326 e. The Labute approximate surface area is 166 Å². The molecular weight excluding hydrogens is 372 g/mol. The first-order valence-corrected chi connectivity index (χ1v) is 9.04. The lowest BCUT2D eigenvalue weighted by molar-refractivity contribution is 0.239. The van der Waals surface area contributed by atoms with E-state index in [0.717, 1.165) is 10.9 Å². The number of aliphatic hydroxyl groups excluding tert-OH is 1. The van der Waals surface area contributed by atoms with Crippen molar-refractivity contribution in [1.29, 1.82) is 0 Å². The molecule has 3 heterocycles. The molecule has 0 bridgehead atoms. The highest BCUT2D eigenvalue weighted by Crippen LogP contribution is 2.22. The fourth-order valence-corrected chi connectivity index (χ4v) is 3.03. The first-order valence-electron chi connectivity index (χ1n) is 9.04. The predicted octanol–water partition coefficient (Wildman–Crippen LogP) is 2.42. The molecule has 0 radical (unpaired) electrons. The number of carbonyl (C=O) groups excluding carboxylic acids is 1. The number of aliphatic hydroxyl groups is 1. The van der Waals surface area contributed by atoms with Crippen LogP contribution in [0, 0.1) is 0 Å². The number of fused-ring (bicyclic) bond motifs is 1. The number of benzene rings is 1. The molecule has 1 unspecified atom stereocenters. The number of nitrogens with one attached hydrogen (secondary N) is 2. The number of hydrogen-bond acceptors (Lipinski definition) is 6. The topological polar surface area (TPSA) is 123 Å². The van der Waals surface area contributed by atoms with Gasteiger partial charge in [-0.3, -0.25) is 15.3 Å². The number of nitrogens with zero attached hydrogens (tertiary/aromatic N) is 6. The van der Waals surface area contributed by atoms with Gasteiger partial charge in [0.25, 0.3) is 0 Å². The van der Waals surface area contributed by atoms with Crippen LogP contribution < -0.4 is 10.6 Å². The molecule has 0 fully saturated rings. The van der Waals surface area contributed by atoms with Crippen molar-refractivity contribution in [3.63, 3.8) is 0 Å². The zero-order valence-corrected chi connectivity index (χ0v) is 15.9. The number of amides is 2. The minimum absolute atomic E-state index is 0.0522. The molecule has 0 aliphatic rings. The van der Waals surface area contributed by atoms with Crippen molar-refractivity contribution in [2.45, 2.75) is 13.0 Å². The zero-order chi connectivity index (χ0) is 20.4. The van der Waals surface area contributed by atoms with Crippen LogP contribution in [0.4, 0.5) is 16.4 Å². The van der Waals surface area contributed by atoms with E-state index in [-0.39, 0.29) is 12.6 Å². The second-order valence-corrected chi connectivity index (χ2v) is 6.57. The van der Waals surface area contributed by atoms with Crippen LogP contribution >= 0.6 is 0 Å². The monoisotopic (exact) mass is 392 g/mol. The number of aromatic nitrogens is 6. The van der Waals surface area contributed by atoms with E-state index in [1.165, 1.54) is 6.33 Å². The molecule has 2 amide bonds. The summed E-state index contributed by atoms with van der Waals surface area (Å²) in [7, 11) is 1.82. The van der Waals surface area contributed by atoms with Gasteiger partial charge in [-0.15, -0.1) is 10.2 Å². The number of aryl methyl sites for hydroxylation is 1. The minimum atomic E-state index is -0.455. The van der Waals surface area contributed by atoms with Gasteiger partial charge in [0, 0.05) is 12.4 Å². The lowest BCUT2D eigenvalue weighted by Crippen LogP contribution is -2.20. The van der Waals surface area contributed by atoms with Crippen LogP contribution in [0.25, 0.3) is 22.4 Å². The third-order valence-electron chi connectivity index (χ3n) is 4.52. The molecule has 10 heteroatoms. The Morgan fingerprint density at radius 2 is 2.00 bits per heavy atom. The number of hydrogen-bond donors (Lipinski definition) is 3. The molecule has 0 saturated carbocycles. The highest BCUT2D eigenvalue weighted by molar-refractivity contribution is 6.04. The van der Waals surface area contributed by atoms with Crippen molar-refractivity contribution in [2.75, 3.05) is 17.2 Å². The Hall–Kier alpha value is -3.79. The zero-order valence-electron chi connectivity index (χ0n) is 15.9. The Morgan fingerprint density at radius 1 is 1.17 bits per heavy atom. The summed E-state index contributed by atoms with van der Waals surface area (Å²) in [5, 5.41) is 28.0. The second-order valence-electron chi connectivity index (χ2n) is 6.57. The standard InChI is InChI=1S/C19H20N8O2/c1-12(10-28)27-11-20-24-18(27)14-7-5-9-16(21-14)22-19(29)23-17-13-6-3-4-8-15(13)26(2)25-17/h3-9,11-12,28H,10H2,1-2H3,(H2,21,22,23,25,29). The summed E-state index contributed by atoms with van der Waals surface area (Å²) in [6.45, 7) is 1.79. The lowest BCUT2D eigenvalue weighted by Gasteiger charge is -2.12. The molecule has 0 aliphatic carbocycles. The maximum absolute atomic E-state index is 12.5. The van der Waals surface area contributed by atoms with Crippen molar-refractivity contribution in [2.24, 2.45) is 7.05 Å². The lowest BCUT2D eigenvalue weighted by atomic mass is 10.2. The van der Waals surface area contributed by atoms with Gasteiger partial charge in [-0.05, 0) is 31.2 Å². The summed E-state index contributed by atoms with van der Waals surface area (Å²) >= 11 is 0. The van der Waals surface area contributed by atoms with Crippen molar-refractivity contribution in [3.8, 4) is 11.5 Å². The molecule has 3 aromatic heterocycles. The molecule has 10 nitrogen and oxygen atoms in total. The van der Waals surface area contributed by atoms with E-state index in [2.05, 4.69) is 30.9 Å². The number of rotatable bonds is 5. The molecule has 4 aromatic rings. The van der Waals surface area contributed by atoms with Crippen LogP contribution in [0.5, 0.6) is 0 Å². The van der Waals surface area contributed by atoms with Crippen LogP contribution in [0.1, 0.15) is 13.0 Å². The summed E-state index contributed by atoms with van der Waals surface area (Å²) < 4.78 is 3.44. The van der Waals surface area contributed by atoms with Gasteiger partial charge in [0.2, 0.25) is 0 Å². The Balaban J connectivity index is 1.54. The SMILES string of the molecule is CC(CO)n1cnnc1-c1cccc(NC(=O)Nc2nn(C)c3ccccc23)n1. The Bertz CT molecular complexity index is 1170. The van der Waals surface area contributed by atoms with Crippen molar-refractivity contribution in [1.82, 2.24) is 29.5 Å². The summed E-state index contributed by atoms with van der Waals surface area (Å²) in [5.74, 6) is 1.33. The second kappa shape index (κ2) is 7.68. The summed E-state index contributed by atoms with van der Waals surface area (Å²) in [4.78, 5) is 16.9. The van der Waals surface area contributed by atoms with Gasteiger partial charge in [0.15, 0.2) is 11.6 Å². The molecule has 0 aliphatic heterocycles. The van der Waals surface area contributed by atoms with Crippen LogP contribution in [-0.2, 0) is 7.05 Å². The molecule has 29 heavy (non-hydrogen) atoms. The van der Waals surface area contributed by atoms with Gasteiger partial charge in [0.1, 0.15) is 17.8 Å². The molecule has 0 spiro atoms. The highest BCUT2D eigenvalue weighted by Gasteiger charge is 2.15. The average molecular weight is 392 g/mol. The summed E-state index contributed by atoms with van der Waals surface area (Å²) in [6, 6.07) is 12.2. The number of urea groups is 1. The van der Waals surface area contributed by atoms with Crippen LogP contribution in [-0.4, -0.2) is 47.3 Å². The fourth-order valence-electron chi connectivity index (χ4n) is 3.03. The Kier molecular flexibility index (Phi) is 4.92. The largest absolute Gasteiger partial charge is 0.394 e. The molecule has 148 valence electrons. The first-order chi connectivity index (χ1) is 14.1. The predicted molar refractivity (Wildman–Crippen MR) is 108 cm³/mol. The van der Waals surface area contributed by atoms with Crippen LogP contribution in [0.3, 0.4) is 0 Å². The fraction of sp³-hybridized carbons (Fsp3) is 0.211. The molecular formula is C19H20N8O2. The first kappa shape index (κ1) is 18.6. The molecule has 0 saturated heterocycles. The number of anilines is 2. The number of para-hydroxylation sites is 1. The molecule has 4 rings (SSSR count). The van der Waals surface area contributed by atoms with E-state index in [4.69, 9.17) is 0 Å². The van der Waals surface area contributed by atoms with E-state index in [1.54, 1.807) is 27.4 Å². The van der Waals surface area contributed by atoms with Gasteiger partial charge < -0.3 is 9.67 Å². The van der Waals surface area contributed by atoms with E-state index in [1.807, 2.05) is 38.2 Å². The van der Waals surface area contributed by atoms with Gasteiger partial charge in [-0.2, -0.15) is 5.10 Å². The third kappa shape index (κ3) is 3.65. The van der Waals surface area contributed by atoms with Gasteiger partial charge in [0.05, 0.1) is 18.2 Å². The van der Waals surface area contributed by atoms with E-state index >= 15 is 0 Å². The van der Waals surface area contributed by atoms with Crippen LogP contribution in [0.2, 0.25) is 0 Å². The van der Waals surface area contributed by atoms with Gasteiger partial charge in [-0.1, -0.05) is 18.2 Å². The summed E-state index contributed by atoms with van der Waals surface area (Å²) in [5.41, 5.74) is 1.45. The van der Waals surface area contributed by atoms with Crippen molar-refractivity contribution in [3.05, 3.63) is 48.8 Å². The number of carbonyl (C=O) groups is 1. The van der Waals surface area contributed by atoms with E-state index < -0.39 is 6.03 Å². The maximum atomic E-state index is 12.5. The molecule has 3 N–H and O–H groups in total. The van der Waals surface area contributed by atoms with Gasteiger partial charge >= 0.3 is 6.03 Å². The van der Waals surface area contributed by atoms with Gasteiger partial charge in [-0.25, -0.2) is 9.78 Å². The van der Waals surface area contributed by atoms with Crippen molar-refractivity contribution >= 4 is 28.6 Å². The normalized spacial score (nSPS) is 12.1. The summed E-state index contributed by atoms with van der Waals surface area (Å²) in [6.07, 6.45) is 1.54. The average Bonchev–Trinajstić information content (AvgIpc) is 3.33. The van der Waals surface area contributed by atoms with E-state index in [9.17, 15) is 9.90 Å². The maximum Gasteiger partial charge on any atom is 0.326 e.